The van der Waals surface area contributed by atoms with E-state index in [1.807, 2.05) is 0 Å². The number of rotatable bonds is 5. The van der Waals surface area contributed by atoms with Crippen molar-refractivity contribution in [2.45, 2.75) is 31.7 Å². The first-order valence-corrected chi connectivity index (χ1v) is 7.57. The molecular weight excluding hydrogens is 273 g/mol. The summed E-state index contributed by atoms with van der Waals surface area (Å²) in [5, 5.41) is 14.5. The van der Waals surface area contributed by atoms with Crippen LogP contribution in [0.5, 0.6) is 0 Å². The Hall–Kier alpha value is -1.69. The number of nitro benzene ring substituents is 1. The molecule has 1 heterocycles. The van der Waals surface area contributed by atoms with E-state index in [1.54, 1.807) is 12.1 Å². The van der Waals surface area contributed by atoms with Crippen LogP contribution in [0.3, 0.4) is 0 Å². The molecule has 5 nitrogen and oxygen atoms in total. The van der Waals surface area contributed by atoms with E-state index < -0.39 is 10.7 Å². The van der Waals surface area contributed by atoms with E-state index in [-0.39, 0.29) is 5.69 Å². The van der Waals surface area contributed by atoms with Gasteiger partial charge in [-0.25, -0.2) is 0 Å². The third-order valence-corrected chi connectivity index (χ3v) is 4.36. The second kappa shape index (κ2) is 5.97. The van der Waals surface area contributed by atoms with Crippen LogP contribution < -0.4 is 10.2 Å². The van der Waals surface area contributed by atoms with E-state index in [9.17, 15) is 14.5 Å². The molecule has 0 bridgehead atoms. The van der Waals surface area contributed by atoms with Gasteiger partial charge >= 0.3 is 5.69 Å². The van der Waals surface area contributed by atoms with Crippen molar-refractivity contribution in [3.63, 3.8) is 0 Å². The lowest BCUT2D eigenvalue weighted by Gasteiger charge is -2.31. The molecule has 1 saturated carbocycles. The van der Waals surface area contributed by atoms with Crippen molar-refractivity contribution in [3.8, 4) is 0 Å². The minimum absolute atomic E-state index is 0.334. The Morgan fingerprint density at radius 3 is 2.62 bits per heavy atom. The monoisotopic (exact) mass is 293 g/mol. The van der Waals surface area contributed by atoms with Gasteiger partial charge in [0.2, 0.25) is 5.82 Å². The summed E-state index contributed by atoms with van der Waals surface area (Å²) in [6.07, 6.45) is 4.23. The zero-order chi connectivity index (χ0) is 14.8. The molecule has 2 fully saturated rings. The van der Waals surface area contributed by atoms with E-state index in [4.69, 9.17) is 0 Å². The lowest BCUT2D eigenvalue weighted by atomic mass is 9.97. The predicted octanol–water partition coefficient (Wildman–Crippen LogP) is 2.70. The molecular formula is C15H20FN3O2. The number of hydrogen-bond acceptors (Lipinski definition) is 4. The van der Waals surface area contributed by atoms with Gasteiger partial charge in [-0.1, -0.05) is 6.07 Å². The molecule has 1 aromatic rings. The van der Waals surface area contributed by atoms with Gasteiger partial charge in [0.05, 0.1) is 4.92 Å². The standard InChI is InChI=1S/C15H20FN3O2/c16-13-2-1-3-14(15(13)19(20)21)18(12-4-5-12)10-11-6-8-17-9-7-11/h1-3,11-12,17H,4-10H2. The van der Waals surface area contributed by atoms with Crippen molar-refractivity contribution in [3.05, 3.63) is 34.1 Å². The van der Waals surface area contributed by atoms with Crippen molar-refractivity contribution in [1.29, 1.82) is 0 Å². The molecule has 1 aliphatic heterocycles. The second-order valence-corrected chi connectivity index (χ2v) is 5.94. The van der Waals surface area contributed by atoms with Crippen LogP contribution in [-0.2, 0) is 0 Å². The molecule has 0 atom stereocenters. The first kappa shape index (κ1) is 14.3. The fraction of sp³-hybridized carbons (Fsp3) is 0.600. The highest BCUT2D eigenvalue weighted by Gasteiger charge is 2.35. The number of benzene rings is 1. The summed E-state index contributed by atoms with van der Waals surface area (Å²) in [4.78, 5) is 12.7. The van der Waals surface area contributed by atoms with E-state index in [2.05, 4.69) is 10.2 Å². The number of piperidine rings is 1. The third kappa shape index (κ3) is 3.15. The summed E-state index contributed by atoms with van der Waals surface area (Å²) < 4.78 is 13.8. The molecule has 0 spiro atoms. The predicted molar refractivity (Wildman–Crippen MR) is 79.0 cm³/mol. The van der Waals surface area contributed by atoms with Crippen LogP contribution in [0.15, 0.2) is 18.2 Å². The largest absolute Gasteiger partial charge is 0.363 e. The maximum Gasteiger partial charge on any atom is 0.327 e. The molecule has 114 valence electrons. The number of halogens is 1. The van der Waals surface area contributed by atoms with Crippen LogP contribution in [0.4, 0.5) is 15.8 Å². The number of para-hydroxylation sites is 1. The quantitative estimate of drug-likeness (QED) is 0.670. The van der Waals surface area contributed by atoms with E-state index in [0.29, 0.717) is 17.6 Å². The zero-order valence-corrected chi connectivity index (χ0v) is 11.9. The Bertz CT molecular complexity index is 528. The second-order valence-electron chi connectivity index (χ2n) is 5.94. The van der Waals surface area contributed by atoms with E-state index >= 15 is 0 Å². The van der Waals surface area contributed by atoms with Gasteiger partial charge in [0.25, 0.3) is 0 Å². The average molecular weight is 293 g/mol. The first-order valence-electron chi connectivity index (χ1n) is 7.57. The Morgan fingerprint density at radius 2 is 2.00 bits per heavy atom. The molecule has 0 radical (unpaired) electrons. The molecule has 0 amide bonds. The van der Waals surface area contributed by atoms with Crippen LogP contribution in [0.1, 0.15) is 25.7 Å². The topological polar surface area (TPSA) is 58.4 Å². The Kier molecular flexibility index (Phi) is 4.05. The number of nitrogens with one attached hydrogen (secondary N) is 1. The lowest BCUT2D eigenvalue weighted by Crippen LogP contribution is -2.37. The SMILES string of the molecule is O=[N+]([O-])c1c(F)cccc1N(CC1CCNCC1)C1CC1. The summed E-state index contributed by atoms with van der Waals surface area (Å²) in [6.45, 7) is 2.78. The highest BCUT2D eigenvalue weighted by Crippen LogP contribution is 2.39. The van der Waals surface area contributed by atoms with Gasteiger partial charge in [0, 0.05) is 12.6 Å². The van der Waals surface area contributed by atoms with Crippen LogP contribution in [0, 0.1) is 21.8 Å². The van der Waals surface area contributed by atoms with Gasteiger partial charge in [-0.15, -0.1) is 0 Å². The molecule has 1 aliphatic carbocycles. The van der Waals surface area contributed by atoms with Crippen LogP contribution >= 0.6 is 0 Å². The summed E-state index contributed by atoms with van der Waals surface area (Å²) >= 11 is 0. The Morgan fingerprint density at radius 1 is 1.29 bits per heavy atom. The fourth-order valence-electron chi connectivity index (χ4n) is 3.09. The maximum atomic E-state index is 13.8. The van der Waals surface area contributed by atoms with Crippen LogP contribution in [-0.4, -0.2) is 30.6 Å². The van der Waals surface area contributed by atoms with Crippen LogP contribution in [0.25, 0.3) is 0 Å². The number of hydrogen-bond donors (Lipinski definition) is 1. The molecule has 3 rings (SSSR count). The smallest absolute Gasteiger partial charge is 0.327 e. The highest BCUT2D eigenvalue weighted by atomic mass is 19.1. The molecule has 6 heteroatoms. The minimum atomic E-state index is -0.742. The molecule has 1 N–H and O–H groups in total. The summed E-state index contributed by atoms with van der Waals surface area (Å²) in [7, 11) is 0. The number of anilines is 1. The molecule has 1 aromatic carbocycles. The summed E-state index contributed by atoms with van der Waals surface area (Å²) in [5.41, 5.74) is 0.0689. The number of nitro groups is 1. The summed E-state index contributed by atoms with van der Waals surface area (Å²) in [5.74, 6) is -0.219. The minimum Gasteiger partial charge on any atom is -0.363 e. The van der Waals surface area contributed by atoms with Crippen molar-refractivity contribution in [2.75, 3.05) is 24.5 Å². The molecule has 0 aromatic heterocycles. The zero-order valence-electron chi connectivity index (χ0n) is 11.9. The Labute approximate surface area is 123 Å². The normalized spacial score (nSPS) is 19.5. The lowest BCUT2D eigenvalue weighted by molar-refractivity contribution is -0.386. The third-order valence-electron chi connectivity index (χ3n) is 4.36. The van der Waals surface area contributed by atoms with Gasteiger partial charge < -0.3 is 10.2 Å². The van der Waals surface area contributed by atoms with Gasteiger partial charge in [0.1, 0.15) is 5.69 Å². The number of nitrogens with zero attached hydrogens (tertiary/aromatic N) is 2. The first-order chi connectivity index (χ1) is 10.2. The van der Waals surface area contributed by atoms with Gasteiger partial charge in [-0.05, 0) is 56.8 Å². The van der Waals surface area contributed by atoms with E-state index in [1.165, 1.54) is 0 Å². The average Bonchev–Trinajstić information content (AvgIpc) is 3.30. The fourth-order valence-corrected chi connectivity index (χ4v) is 3.09. The highest BCUT2D eigenvalue weighted by molar-refractivity contribution is 5.65. The van der Waals surface area contributed by atoms with Gasteiger partial charge in [-0.2, -0.15) is 4.39 Å². The van der Waals surface area contributed by atoms with Crippen molar-refractivity contribution >= 4 is 11.4 Å². The summed E-state index contributed by atoms with van der Waals surface area (Å²) in [6, 6.07) is 4.74. The molecule has 21 heavy (non-hydrogen) atoms. The van der Waals surface area contributed by atoms with Crippen molar-refractivity contribution < 1.29 is 9.31 Å². The van der Waals surface area contributed by atoms with Gasteiger partial charge in [-0.3, -0.25) is 10.1 Å². The van der Waals surface area contributed by atoms with Crippen molar-refractivity contribution in [1.82, 2.24) is 5.32 Å². The molecule has 1 saturated heterocycles. The van der Waals surface area contributed by atoms with Crippen LogP contribution in [0.2, 0.25) is 0 Å². The molecule has 2 aliphatic rings. The van der Waals surface area contributed by atoms with E-state index in [0.717, 1.165) is 51.4 Å². The molecule has 0 unspecified atom stereocenters. The maximum absolute atomic E-state index is 13.8. The Balaban J connectivity index is 1.87. The van der Waals surface area contributed by atoms with Gasteiger partial charge in [0.15, 0.2) is 0 Å². The van der Waals surface area contributed by atoms with Crippen molar-refractivity contribution in [2.24, 2.45) is 5.92 Å².